The first-order valence-corrected chi connectivity index (χ1v) is 11.9. The van der Waals surface area contributed by atoms with Gasteiger partial charge in [0.1, 0.15) is 5.52 Å². The van der Waals surface area contributed by atoms with E-state index in [1.165, 1.54) is 0 Å². The Morgan fingerprint density at radius 2 is 1.92 bits per heavy atom. The minimum Gasteiger partial charge on any atom is -0.481 e. The topological polar surface area (TPSA) is 104 Å². The van der Waals surface area contributed by atoms with Crippen molar-refractivity contribution in [3.63, 3.8) is 0 Å². The van der Waals surface area contributed by atoms with Gasteiger partial charge in [0.25, 0.3) is 0 Å². The fraction of sp³-hybridized carbons (Fsp3) is 0.333. The van der Waals surface area contributed by atoms with E-state index in [4.69, 9.17) is 9.72 Å². The maximum atomic E-state index is 13.3. The third-order valence-electron chi connectivity index (χ3n) is 6.89. The van der Waals surface area contributed by atoms with Gasteiger partial charge in [-0.3, -0.25) is 9.88 Å². The number of pyridine rings is 3. The van der Waals surface area contributed by atoms with Crippen LogP contribution in [0.25, 0.3) is 28.0 Å². The normalized spacial score (nSPS) is 16.7. The average molecular weight is 487 g/mol. The van der Waals surface area contributed by atoms with Crippen LogP contribution < -0.4 is 15.0 Å². The van der Waals surface area contributed by atoms with Crippen molar-refractivity contribution in [3.8, 4) is 17.1 Å². The van der Waals surface area contributed by atoms with Gasteiger partial charge in [-0.1, -0.05) is 13.2 Å². The predicted molar refractivity (Wildman–Crippen MR) is 139 cm³/mol. The molecule has 3 aromatic rings. The van der Waals surface area contributed by atoms with Crippen molar-refractivity contribution in [2.24, 2.45) is 0 Å². The van der Waals surface area contributed by atoms with Gasteiger partial charge in [-0.15, -0.1) is 0 Å². The predicted octanol–water partition coefficient (Wildman–Crippen LogP) is 3.95. The fourth-order valence-corrected chi connectivity index (χ4v) is 4.82. The van der Waals surface area contributed by atoms with Crippen molar-refractivity contribution in [2.75, 3.05) is 25.1 Å². The van der Waals surface area contributed by atoms with E-state index in [1.807, 2.05) is 18.2 Å². The smallest absolute Gasteiger partial charge is 0.326 e. The third-order valence-corrected chi connectivity index (χ3v) is 6.89. The first-order chi connectivity index (χ1) is 17.2. The maximum Gasteiger partial charge on any atom is 0.326 e. The molecule has 0 spiro atoms. The van der Waals surface area contributed by atoms with E-state index >= 15 is 0 Å². The Morgan fingerprint density at radius 1 is 1.17 bits per heavy atom. The van der Waals surface area contributed by atoms with Crippen LogP contribution in [0.1, 0.15) is 32.3 Å². The number of carbonyl (C=O) groups excluding carboxylic acids is 1. The summed E-state index contributed by atoms with van der Waals surface area (Å²) in [7, 11) is 1.58. The molecule has 9 heteroatoms. The van der Waals surface area contributed by atoms with Gasteiger partial charge < -0.3 is 20.1 Å². The molecule has 2 N–H and O–H groups in total. The number of piperidine rings is 1. The van der Waals surface area contributed by atoms with Crippen LogP contribution in [0.15, 0.2) is 55.5 Å². The molecule has 3 aromatic heterocycles. The third kappa shape index (κ3) is 4.15. The number of ether oxygens (including phenoxy) is 1. The molecule has 1 fully saturated rings. The second kappa shape index (κ2) is 8.91. The molecule has 186 valence electrons. The van der Waals surface area contributed by atoms with Crippen molar-refractivity contribution in [2.45, 2.75) is 38.3 Å². The summed E-state index contributed by atoms with van der Waals surface area (Å²) in [5.74, 6) is 0.524. The molecule has 0 radical (unpaired) electrons. The van der Waals surface area contributed by atoms with Crippen molar-refractivity contribution < 1.29 is 14.6 Å². The van der Waals surface area contributed by atoms with Gasteiger partial charge in [0.05, 0.1) is 29.6 Å². The maximum absolute atomic E-state index is 13.3. The summed E-state index contributed by atoms with van der Waals surface area (Å²) in [5.41, 5.74) is 4.57. The van der Waals surface area contributed by atoms with Crippen LogP contribution in [-0.2, 0) is 0 Å². The standard InChI is InChI=1S/C27H30N6O3/c1-16-20-15-28-22-8-7-21(18-6-9-23(36-5)29-14-18)31-24(22)25(20)33(26(34)30-16)19-10-12-32(13-11-19)17(2)27(3,4)35/h6-9,14-15,19,35H,1-2,10-13H2,3-5H3,(H,30,34). The van der Waals surface area contributed by atoms with E-state index in [2.05, 4.69) is 33.3 Å². The summed E-state index contributed by atoms with van der Waals surface area (Å²) in [6.07, 6.45) is 4.90. The van der Waals surface area contributed by atoms with Gasteiger partial charge in [0.2, 0.25) is 5.88 Å². The molecule has 0 saturated carbocycles. The van der Waals surface area contributed by atoms with Crippen molar-refractivity contribution in [1.82, 2.24) is 25.2 Å². The molecule has 0 bridgehead atoms. The lowest BCUT2D eigenvalue weighted by Gasteiger charge is -2.43. The number of fused-ring (bicyclic) bond motifs is 3. The first-order valence-electron chi connectivity index (χ1n) is 11.9. The van der Waals surface area contributed by atoms with E-state index in [1.54, 1.807) is 44.3 Å². The van der Waals surface area contributed by atoms with Crippen LogP contribution in [0, 0.1) is 0 Å². The number of methoxy groups -OCH3 is 1. The average Bonchev–Trinajstić information content (AvgIpc) is 2.87. The van der Waals surface area contributed by atoms with Crippen molar-refractivity contribution in [1.29, 1.82) is 0 Å². The highest BCUT2D eigenvalue weighted by Gasteiger charge is 2.37. The Morgan fingerprint density at radius 3 is 2.56 bits per heavy atom. The zero-order valence-corrected chi connectivity index (χ0v) is 20.8. The molecular formula is C27H30N6O3. The molecule has 5 heterocycles. The highest BCUT2D eigenvalue weighted by atomic mass is 16.5. The Bertz CT molecular complexity index is 1350. The van der Waals surface area contributed by atoms with Gasteiger partial charge >= 0.3 is 6.03 Å². The molecular weight excluding hydrogens is 456 g/mol. The zero-order chi connectivity index (χ0) is 25.6. The fourth-order valence-electron chi connectivity index (χ4n) is 4.82. The number of aliphatic hydroxyl groups is 1. The zero-order valence-electron chi connectivity index (χ0n) is 20.8. The molecule has 36 heavy (non-hydrogen) atoms. The Hall–Kier alpha value is -3.98. The Balaban J connectivity index is 1.54. The summed E-state index contributed by atoms with van der Waals surface area (Å²) in [5, 5.41) is 13.3. The van der Waals surface area contributed by atoms with Gasteiger partial charge in [0.15, 0.2) is 0 Å². The molecule has 0 aliphatic carbocycles. The Labute approximate surface area is 210 Å². The summed E-state index contributed by atoms with van der Waals surface area (Å²) < 4.78 is 5.17. The van der Waals surface area contributed by atoms with Crippen LogP contribution in [0.5, 0.6) is 5.88 Å². The highest BCUT2D eigenvalue weighted by molar-refractivity contribution is 6.11. The lowest BCUT2D eigenvalue weighted by molar-refractivity contribution is 0.0752. The van der Waals surface area contributed by atoms with Crippen LogP contribution in [0.2, 0.25) is 0 Å². The second-order valence-corrected chi connectivity index (χ2v) is 9.68. The molecule has 0 aromatic carbocycles. The molecule has 9 nitrogen and oxygen atoms in total. The highest BCUT2D eigenvalue weighted by Crippen LogP contribution is 2.39. The molecule has 0 atom stereocenters. The number of nitrogens with zero attached hydrogens (tertiary/aromatic N) is 5. The summed E-state index contributed by atoms with van der Waals surface area (Å²) in [6, 6.07) is 7.22. The minimum atomic E-state index is -0.988. The number of aromatic nitrogens is 3. The summed E-state index contributed by atoms with van der Waals surface area (Å²) >= 11 is 0. The largest absolute Gasteiger partial charge is 0.481 e. The number of likely N-dealkylation sites (tertiary alicyclic amines) is 1. The molecule has 2 amide bonds. The second-order valence-electron chi connectivity index (χ2n) is 9.68. The summed E-state index contributed by atoms with van der Waals surface area (Å²) in [4.78, 5) is 31.0. The van der Waals surface area contributed by atoms with Gasteiger partial charge in [-0.25, -0.2) is 14.8 Å². The molecule has 2 aliphatic rings. The molecule has 5 rings (SSSR count). The number of anilines is 1. The van der Waals surface area contributed by atoms with Crippen LogP contribution in [-0.4, -0.2) is 62.8 Å². The number of hydrogen-bond donors (Lipinski definition) is 2. The van der Waals surface area contributed by atoms with Crippen LogP contribution in [0.3, 0.4) is 0 Å². The lowest BCUT2D eigenvalue weighted by atomic mass is 9.96. The van der Waals surface area contributed by atoms with Crippen LogP contribution >= 0.6 is 0 Å². The number of urea groups is 1. The van der Waals surface area contributed by atoms with E-state index < -0.39 is 5.60 Å². The number of amides is 2. The number of carbonyl (C=O) groups is 1. The van der Waals surface area contributed by atoms with E-state index in [0.29, 0.717) is 41.4 Å². The lowest BCUT2D eigenvalue weighted by Crippen LogP contribution is -2.53. The van der Waals surface area contributed by atoms with Gasteiger partial charge in [-0.2, -0.15) is 0 Å². The van der Waals surface area contributed by atoms with Crippen molar-refractivity contribution in [3.05, 3.63) is 61.1 Å². The van der Waals surface area contributed by atoms with E-state index in [9.17, 15) is 9.90 Å². The SMILES string of the molecule is C=C1NC(=O)N(C2CCN(C(=C)C(C)(C)O)CC2)c2c1cnc1ccc(-c3ccc(OC)nc3)nc21. The minimum absolute atomic E-state index is 0.0542. The molecule has 2 aliphatic heterocycles. The van der Waals surface area contributed by atoms with E-state index in [0.717, 1.165) is 35.3 Å². The summed E-state index contributed by atoms with van der Waals surface area (Å²) in [6.45, 7) is 13.0. The number of hydrogen-bond acceptors (Lipinski definition) is 7. The number of rotatable bonds is 5. The van der Waals surface area contributed by atoms with Crippen molar-refractivity contribution >= 4 is 28.4 Å². The Kier molecular flexibility index (Phi) is 5.88. The quantitative estimate of drug-likeness (QED) is 0.563. The first kappa shape index (κ1) is 23.7. The molecule has 0 unspecified atom stereocenters. The van der Waals surface area contributed by atoms with Crippen LogP contribution in [0.4, 0.5) is 10.5 Å². The monoisotopic (exact) mass is 486 g/mol. The van der Waals surface area contributed by atoms with Gasteiger partial charge in [-0.05, 0) is 44.9 Å². The van der Waals surface area contributed by atoms with E-state index in [-0.39, 0.29) is 12.1 Å². The molecule has 1 saturated heterocycles. The van der Waals surface area contributed by atoms with Gasteiger partial charge in [0, 0.05) is 60.1 Å². The number of nitrogens with one attached hydrogen (secondary N) is 1.